The van der Waals surface area contributed by atoms with Crippen molar-refractivity contribution in [3.05, 3.63) is 71.3 Å². The molecule has 10 rings (SSSR count). The molecule has 16 nitrogen and oxygen atoms in total. The smallest absolute Gasteiger partial charge is 0.270 e. The lowest BCUT2D eigenvalue weighted by atomic mass is 10.0. The van der Waals surface area contributed by atoms with Crippen molar-refractivity contribution in [2.75, 3.05) is 27.3 Å². The van der Waals surface area contributed by atoms with Crippen molar-refractivity contribution in [1.29, 1.82) is 0 Å². The Labute approximate surface area is 337 Å². The number of nitrogens with zero attached hydrogens (tertiary/aromatic N) is 11. The second-order valence-corrected chi connectivity index (χ2v) is 16.1. The molecule has 4 aliphatic rings. The molecule has 4 atom stereocenters. The van der Waals surface area contributed by atoms with Crippen LogP contribution in [0.2, 0.25) is 0 Å². The minimum atomic E-state index is -0.486. The minimum Gasteiger partial charge on any atom is -0.414 e. The molecule has 59 heavy (non-hydrogen) atoms. The van der Waals surface area contributed by atoms with E-state index in [4.69, 9.17) is 18.3 Å². The molecule has 3 aliphatic carbocycles. The summed E-state index contributed by atoms with van der Waals surface area (Å²) in [6.07, 6.45) is 7.27. The summed E-state index contributed by atoms with van der Waals surface area (Å²) in [4.78, 5) is 13.5. The van der Waals surface area contributed by atoms with Gasteiger partial charge in [0.2, 0.25) is 11.8 Å². The number of hydrogen-bond acceptors (Lipinski definition) is 13. The van der Waals surface area contributed by atoms with E-state index < -0.39 is 12.1 Å². The van der Waals surface area contributed by atoms with Crippen molar-refractivity contribution >= 4 is 5.91 Å². The first kappa shape index (κ1) is 36.8. The predicted molar refractivity (Wildman–Crippen MR) is 205 cm³/mol. The van der Waals surface area contributed by atoms with Crippen LogP contribution in [0.1, 0.15) is 42.4 Å². The van der Waals surface area contributed by atoms with Gasteiger partial charge in [-0.1, -0.05) is 34.1 Å². The molecule has 4 aromatic heterocycles. The number of halogens is 1. The largest absolute Gasteiger partial charge is 0.414 e. The number of carbonyl (C=O) groups excluding carboxylic acids is 1. The Morgan fingerprint density at radius 2 is 1.36 bits per heavy atom. The van der Waals surface area contributed by atoms with E-state index in [9.17, 15) is 9.18 Å². The van der Waals surface area contributed by atoms with Gasteiger partial charge in [0.05, 0.1) is 37.7 Å². The van der Waals surface area contributed by atoms with Gasteiger partial charge in [-0.25, -0.2) is 13.8 Å². The predicted octanol–water partition coefficient (Wildman–Crippen LogP) is 4.67. The molecule has 4 unspecified atom stereocenters. The van der Waals surface area contributed by atoms with E-state index >= 15 is 0 Å². The lowest BCUT2D eigenvalue weighted by Crippen LogP contribution is -2.36. The lowest BCUT2D eigenvalue weighted by molar-refractivity contribution is -0.213. The third-order valence-electron chi connectivity index (χ3n) is 11.3. The van der Waals surface area contributed by atoms with Crippen molar-refractivity contribution < 1.29 is 27.5 Å². The van der Waals surface area contributed by atoms with Crippen molar-refractivity contribution in [2.45, 2.75) is 52.0 Å². The number of carbonyl (C=O) groups is 1. The standard InChI is InChI=1S/C42H38FN11O5/c1-24-14-25(6-10-29(24)38-46-48-40(58-38)34-18-53(50-44-34)20-36(55)52(2)3)4-8-27-16-30(27)31-17-28(31)9-5-26-7-11-33(43)32(15-26)39-47-49-41(59-39)35-19-54(51-45-35)21-37-56-22-42(12-13-42)23-57-37/h6-7,10-11,14-15,18-19,27-28,30-31,37H,12-13,16-17,20-23H2,1-3H3. The van der Waals surface area contributed by atoms with E-state index in [1.54, 1.807) is 43.3 Å². The fourth-order valence-electron chi connectivity index (χ4n) is 7.27. The number of amides is 1. The normalized spacial score (nSPS) is 21.4. The number of aryl methyl sites for hydroxylation is 1. The van der Waals surface area contributed by atoms with E-state index in [-0.39, 0.29) is 47.0 Å². The van der Waals surface area contributed by atoms with Gasteiger partial charge in [0.1, 0.15) is 12.4 Å². The van der Waals surface area contributed by atoms with Crippen molar-refractivity contribution in [2.24, 2.45) is 29.1 Å². The zero-order chi connectivity index (χ0) is 40.3. The van der Waals surface area contributed by atoms with Gasteiger partial charge in [-0.05, 0) is 86.4 Å². The molecule has 1 spiro atoms. The fraction of sp³-hybridized carbons (Fsp3) is 0.405. The molecule has 3 saturated carbocycles. The van der Waals surface area contributed by atoms with Crippen molar-refractivity contribution in [3.63, 3.8) is 0 Å². The molecular weight excluding hydrogens is 758 g/mol. The summed E-state index contributed by atoms with van der Waals surface area (Å²) in [5, 5.41) is 32.9. The molecule has 2 aromatic carbocycles. The maximum Gasteiger partial charge on any atom is 0.270 e. The molecule has 0 N–H and O–H groups in total. The van der Waals surface area contributed by atoms with Gasteiger partial charge in [-0.2, -0.15) is 0 Å². The highest BCUT2D eigenvalue weighted by Crippen LogP contribution is 2.57. The molecule has 0 bridgehead atoms. The molecule has 0 radical (unpaired) electrons. The number of hydrogen-bond donors (Lipinski definition) is 0. The third kappa shape index (κ3) is 7.86. The first-order valence-electron chi connectivity index (χ1n) is 19.5. The minimum absolute atomic E-state index is 0.0372. The van der Waals surface area contributed by atoms with E-state index in [2.05, 4.69) is 64.7 Å². The number of aromatic nitrogens is 10. The summed E-state index contributed by atoms with van der Waals surface area (Å²) < 4.78 is 41.5. The Hall–Kier alpha value is -6.56. The van der Waals surface area contributed by atoms with Crippen LogP contribution in [0.15, 0.2) is 57.6 Å². The number of benzene rings is 2. The Bertz CT molecular complexity index is 2700. The number of ether oxygens (including phenoxy) is 2. The molecule has 5 heterocycles. The lowest BCUT2D eigenvalue weighted by Gasteiger charge is -2.29. The third-order valence-corrected chi connectivity index (χ3v) is 11.3. The van der Waals surface area contributed by atoms with Gasteiger partial charge in [-0.3, -0.25) is 4.79 Å². The topological polar surface area (TPSA) is 178 Å². The Morgan fingerprint density at radius 3 is 1.98 bits per heavy atom. The maximum atomic E-state index is 15.0. The highest BCUT2D eigenvalue weighted by Gasteiger charge is 2.52. The van der Waals surface area contributed by atoms with Crippen LogP contribution in [0.4, 0.5) is 4.39 Å². The Balaban J connectivity index is 0.727. The van der Waals surface area contributed by atoms with Gasteiger partial charge in [0.15, 0.2) is 17.7 Å². The zero-order valence-electron chi connectivity index (χ0n) is 32.5. The Morgan fingerprint density at radius 1 is 0.780 bits per heavy atom. The molecule has 6 aromatic rings. The SMILES string of the molecule is Cc1cc(C#CC2CC2C2CC2C#Cc2ccc(F)c(-c3nnc(-c4cn(CC5OCC6(CC6)CO5)nn4)o3)c2)ccc1-c1nnc(-c2cn(CC(=O)N(C)C)nn2)o1. The molecular formula is C42H38FN11O5. The first-order valence-corrected chi connectivity index (χ1v) is 19.5. The molecule has 4 fully saturated rings. The summed E-state index contributed by atoms with van der Waals surface area (Å²) in [5.41, 5.74) is 4.48. The molecule has 17 heteroatoms. The second-order valence-electron chi connectivity index (χ2n) is 16.1. The fourth-order valence-corrected chi connectivity index (χ4v) is 7.27. The zero-order valence-corrected chi connectivity index (χ0v) is 32.5. The van der Waals surface area contributed by atoms with Gasteiger partial charge in [-0.15, -0.1) is 30.6 Å². The summed E-state index contributed by atoms with van der Waals surface area (Å²) in [7, 11) is 3.36. The summed E-state index contributed by atoms with van der Waals surface area (Å²) in [5.74, 6) is 15.2. The summed E-state index contributed by atoms with van der Waals surface area (Å²) in [6, 6.07) is 10.6. The quantitative estimate of drug-likeness (QED) is 0.185. The van der Waals surface area contributed by atoms with E-state index in [1.807, 2.05) is 25.1 Å². The van der Waals surface area contributed by atoms with Crippen LogP contribution < -0.4 is 0 Å². The van der Waals surface area contributed by atoms with Crippen LogP contribution in [0.25, 0.3) is 46.1 Å². The molecule has 298 valence electrons. The van der Waals surface area contributed by atoms with Crippen LogP contribution in [0.5, 0.6) is 0 Å². The van der Waals surface area contributed by atoms with Crippen LogP contribution in [-0.2, 0) is 27.4 Å². The highest BCUT2D eigenvalue weighted by atomic mass is 19.1. The Kier molecular flexibility index (Phi) is 9.14. The monoisotopic (exact) mass is 795 g/mol. The maximum absolute atomic E-state index is 15.0. The highest BCUT2D eigenvalue weighted by molar-refractivity contribution is 5.75. The van der Waals surface area contributed by atoms with Crippen LogP contribution in [0, 0.1) is 65.5 Å². The van der Waals surface area contributed by atoms with Crippen molar-refractivity contribution in [1.82, 2.24) is 55.3 Å². The van der Waals surface area contributed by atoms with Crippen LogP contribution in [0.3, 0.4) is 0 Å². The summed E-state index contributed by atoms with van der Waals surface area (Å²) in [6.45, 7) is 3.82. The van der Waals surface area contributed by atoms with Crippen molar-refractivity contribution in [3.8, 4) is 69.8 Å². The van der Waals surface area contributed by atoms with Gasteiger partial charge < -0.3 is 23.2 Å². The summed E-state index contributed by atoms with van der Waals surface area (Å²) >= 11 is 0. The van der Waals surface area contributed by atoms with Gasteiger partial charge in [0, 0.05) is 48.0 Å². The van der Waals surface area contributed by atoms with Gasteiger partial charge in [0.25, 0.3) is 17.7 Å². The molecule has 1 amide bonds. The first-order chi connectivity index (χ1) is 28.6. The van der Waals surface area contributed by atoms with E-state index in [0.29, 0.717) is 60.4 Å². The number of rotatable bonds is 9. The van der Waals surface area contributed by atoms with Gasteiger partial charge >= 0.3 is 0 Å². The van der Waals surface area contributed by atoms with Crippen LogP contribution >= 0.6 is 0 Å². The molecule has 1 aliphatic heterocycles. The average molecular weight is 796 g/mol. The molecule has 1 saturated heterocycles. The number of likely N-dealkylation sites (N-methyl/N-ethyl adjacent to an activating group) is 1. The van der Waals surface area contributed by atoms with E-state index in [0.717, 1.165) is 42.4 Å². The van der Waals surface area contributed by atoms with Crippen LogP contribution in [-0.4, -0.2) is 94.8 Å². The second kappa shape index (κ2) is 14.7. The average Bonchev–Trinajstić information content (AvgIpc) is 4.10. The van der Waals surface area contributed by atoms with E-state index in [1.165, 1.54) is 15.6 Å².